The molecule has 2 rings (SSSR count). The molecular formula is C14H18O2. The minimum Gasteiger partial charge on any atom is -0.496 e. The number of ether oxygens (including phenoxy) is 1. The van der Waals surface area contributed by atoms with Gasteiger partial charge < -0.3 is 9.53 Å². The van der Waals surface area contributed by atoms with E-state index >= 15 is 0 Å². The Bertz CT molecular complexity index is 382. The Labute approximate surface area is 96.6 Å². The zero-order chi connectivity index (χ0) is 11.7. The molecule has 0 bridgehead atoms. The van der Waals surface area contributed by atoms with Crippen LogP contribution in [0.15, 0.2) is 12.1 Å². The summed E-state index contributed by atoms with van der Waals surface area (Å²) in [6.07, 6.45) is 3.47. The molecule has 0 amide bonds. The monoisotopic (exact) mass is 218 g/mol. The minimum absolute atomic E-state index is 0.0864. The molecular weight excluding hydrogens is 200 g/mol. The van der Waals surface area contributed by atoms with Gasteiger partial charge in [-0.25, -0.2) is 0 Å². The minimum atomic E-state index is 0.0864. The first-order valence-corrected chi connectivity index (χ1v) is 5.77. The second-order valence-corrected chi connectivity index (χ2v) is 4.69. The van der Waals surface area contributed by atoms with Gasteiger partial charge in [0.2, 0.25) is 0 Å². The standard InChI is InChI=1S/C14H18O2/c1-9-6-12(7-10(2)14(9)16-3)13(8-15)11-4-5-11/h6-8,11,13H,4-5H2,1-3H3. The van der Waals surface area contributed by atoms with Crippen LogP contribution in [0, 0.1) is 19.8 Å². The van der Waals surface area contributed by atoms with Gasteiger partial charge in [0.25, 0.3) is 0 Å². The largest absolute Gasteiger partial charge is 0.496 e. The molecule has 0 N–H and O–H groups in total. The lowest BCUT2D eigenvalue weighted by molar-refractivity contribution is -0.109. The molecule has 0 saturated heterocycles. The average molecular weight is 218 g/mol. The van der Waals surface area contributed by atoms with Gasteiger partial charge in [0.05, 0.1) is 7.11 Å². The van der Waals surface area contributed by atoms with Crippen molar-refractivity contribution >= 4 is 6.29 Å². The SMILES string of the molecule is COc1c(C)cc(C(C=O)C2CC2)cc1C. The van der Waals surface area contributed by atoms with Crippen LogP contribution in [-0.4, -0.2) is 13.4 Å². The average Bonchev–Trinajstić information content (AvgIpc) is 3.03. The Morgan fingerprint density at radius 3 is 2.25 bits per heavy atom. The van der Waals surface area contributed by atoms with E-state index in [0.717, 1.165) is 28.7 Å². The summed E-state index contributed by atoms with van der Waals surface area (Å²) in [7, 11) is 1.69. The summed E-state index contributed by atoms with van der Waals surface area (Å²) < 4.78 is 5.33. The zero-order valence-electron chi connectivity index (χ0n) is 10.1. The molecule has 1 aromatic rings. The van der Waals surface area contributed by atoms with E-state index in [4.69, 9.17) is 4.74 Å². The maximum atomic E-state index is 11.1. The van der Waals surface area contributed by atoms with Gasteiger partial charge in [-0.1, -0.05) is 12.1 Å². The van der Waals surface area contributed by atoms with Crippen molar-refractivity contribution in [2.24, 2.45) is 5.92 Å². The summed E-state index contributed by atoms with van der Waals surface area (Å²) in [6.45, 7) is 4.06. The van der Waals surface area contributed by atoms with E-state index < -0.39 is 0 Å². The first-order chi connectivity index (χ1) is 7.67. The fourth-order valence-electron chi connectivity index (χ4n) is 2.42. The van der Waals surface area contributed by atoms with Gasteiger partial charge >= 0.3 is 0 Å². The highest BCUT2D eigenvalue weighted by molar-refractivity contribution is 5.64. The van der Waals surface area contributed by atoms with Gasteiger partial charge in [-0.2, -0.15) is 0 Å². The lowest BCUT2D eigenvalue weighted by Gasteiger charge is -2.15. The van der Waals surface area contributed by atoms with E-state index in [1.54, 1.807) is 7.11 Å². The number of carbonyl (C=O) groups excluding carboxylic acids is 1. The molecule has 0 aliphatic heterocycles. The van der Waals surface area contributed by atoms with Gasteiger partial charge in [0, 0.05) is 5.92 Å². The fraction of sp³-hybridized carbons (Fsp3) is 0.500. The van der Waals surface area contributed by atoms with Crippen molar-refractivity contribution in [1.29, 1.82) is 0 Å². The Morgan fingerprint density at radius 1 is 1.31 bits per heavy atom. The van der Waals surface area contributed by atoms with Gasteiger partial charge in [0.1, 0.15) is 12.0 Å². The maximum Gasteiger partial charge on any atom is 0.127 e. The maximum absolute atomic E-state index is 11.1. The van der Waals surface area contributed by atoms with Crippen LogP contribution in [0.25, 0.3) is 0 Å². The summed E-state index contributed by atoms with van der Waals surface area (Å²) >= 11 is 0. The molecule has 0 radical (unpaired) electrons. The lowest BCUT2D eigenvalue weighted by Crippen LogP contribution is -2.04. The molecule has 0 heterocycles. The molecule has 1 fully saturated rings. The van der Waals surface area contributed by atoms with Crippen LogP contribution in [0.1, 0.15) is 35.4 Å². The second-order valence-electron chi connectivity index (χ2n) is 4.69. The van der Waals surface area contributed by atoms with Crippen LogP contribution >= 0.6 is 0 Å². The van der Waals surface area contributed by atoms with Crippen LogP contribution in [0.2, 0.25) is 0 Å². The van der Waals surface area contributed by atoms with Crippen molar-refractivity contribution in [2.75, 3.05) is 7.11 Å². The van der Waals surface area contributed by atoms with Crippen molar-refractivity contribution in [1.82, 2.24) is 0 Å². The Kier molecular flexibility index (Phi) is 2.99. The molecule has 1 atom stereocenters. The molecule has 2 heteroatoms. The quantitative estimate of drug-likeness (QED) is 0.726. The number of rotatable bonds is 4. The third-order valence-corrected chi connectivity index (χ3v) is 3.35. The molecule has 1 saturated carbocycles. The molecule has 0 aromatic heterocycles. The molecule has 2 nitrogen and oxygen atoms in total. The van der Waals surface area contributed by atoms with Crippen LogP contribution in [0.4, 0.5) is 0 Å². The number of aryl methyl sites for hydroxylation is 2. The predicted octanol–water partition coefficient (Wildman–Crippen LogP) is 3.00. The third-order valence-electron chi connectivity index (χ3n) is 3.35. The van der Waals surface area contributed by atoms with Crippen LogP contribution in [0.5, 0.6) is 5.75 Å². The molecule has 16 heavy (non-hydrogen) atoms. The van der Waals surface area contributed by atoms with Crippen molar-refractivity contribution in [2.45, 2.75) is 32.6 Å². The Hall–Kier alpha value is -1.31. The number of hydrogen-bond donors (Lipinski definition) is 0. The van der Waals surface area contributed by atoms with Crippen LogP contribution < -0.4 is 4.74 Å². The first-order valence-electron chi connectivity index (χ1n) is 5.77. The normalized spacial score (nSPS) is 16.9. The number of carbonyl (C=O) groups is 1. The van der Waals surface area contributed by atoms with Gasteiger partial charge in [-0.15, -0.1) is 0 Å². The predicted molar refractivity (Wildman–Crippen MR) is 64.0 cm³/mol. The van der Waals surface area contributed by atoms with Crippen molar-refractivity contribution in [3.8, 4) is 5.75 Å². The second kappa shape index (κ2) is 4.28. The fourth-order valence-corrected chi connectivity index (χ4v) is 2.42. The summed E-state index contributed by atoms with van der Waals surface area (Å²) in [6, 6.07) is 4.17. The van der Waals surface area contributed by atoms with E-state index in [0.29, 0.717) is 5.92 Å². The Balaban J connectivity index is 2.37. The molecule has 1 aromatic carbocycles. The van der Waals surface area contributed by atoms with Gasteiger partial charge in [-0.05, 0) is 49.3 Å². The van der Waals surface area contributed by atoms with Crippen molar-refractivity contribution in [3.05, 3.63) is 28.8 Å². The van der Waals surface area contributed by atoms with E-state index in [9.17, 15) is 4.79 Å². The molecule has 1 aliphatic carbocycles. The zero-order valence-corrected chi connectivity index (χ0v) is 10.1. The number of aldehydes is 1. The van der Waals surface area contributed by atoms with Crippen LogP contribution in [0.3, 0.4) is 0 Å². The molecule has 1 unspecified atom stereocenters. The topological polar surface area (TPSA) is 26.3 Å². The number of hydrogen-bond acceptors (Lipinski definition) is 2. The van der Waals surface area contributed by atoms with E-state index in [-0.39, 0.29) is 5.92 Å². The first kappa shape index (κ1) is 11.2. The molecule has 86 valence electrons. The Morgan fingerprint density at radius 2 is 1.88 bits per heavy atom. The molecule has 0 spiro atoms. The van der Waals surface area contributed by atoms with Gasteiger partial charge in [-0.3, -0.25) is 0 Å². The summed E-state index contributed by atoms with van der Waals surface area (Å²) in [5.74, 6) is 1.59. The van der Waals surface area contributed by atoms with Crippen molar-refractivity contribution in [3.63, 3.8) is 0 Å². The number of benzene rings is 1. The summed E-state index contributed by atoms with van der Waals surface area (Å²) in [4.78, 5) is 11.1. The van der Waals surface area contributed by atoms with Crippen molar-refractivity contribution < 1.29 is 9.53 Å². The van der Waals surface area contributed by atoms with E-state index in [1.807, 2.05) is 13.8 Å². The highest BCUT2D eigenvalue weighted by Gasteiger charge is 2.32. The smallest absolute Gasteiger partial charge is 0.127 e. The van der Waals surface area contributed by atoms with E-state index in [2.05, 4.69) is 12.1 Å². The summed E-state index contributed by atoms with van der Waals surface area (Å²) in [5, 5.41) is 0. The molecule has 1 aliphatic rings. The highest BCUT2D eigenvalue weighted by atomic mass is 16.5. The highest BCUT2D eigenvalue weighted by Crippen LogP contribution is 2.42. The third kappa shape index (κ3) is 1.97. The number of methoxy groups -OCH3 is 1. The van der Waals surface area contributed by atoms with E-state index in [1.165, 1.54) is 12.8 Å². The lowest BCUT2D eigenvalue weighted by atomic mass is 9.92. The van der Waals surface area contributed by atoms with Gasteiger partial charge in [0.15, 0.2) is 0 Å². The van der Waals surface area contributed by atoms with Crippen LogP contribution in [-0.2, 0) is 4.79 Å². The summed E-state index contributed by atoms with van der Waals surface area (Å²) in [5.41, 5.74) is 3.38.